The van der Waals surface area contributed by atoms with Gasteiger partial charge in [-0.2, -0.15) is 0 Å². The van der Waals surface area contributed by atoms with Crippen LogP contribution in [0.3, 0.4) is 0 Å². The number of benzene rings is 2. The predicted molar refractivity (Wildman–Crippen MR) is 100 cm³/mol. The van der Waals surface area contributed by atoms with Crippen molar-refractivity contribution in [2.45, 2.75) is 6.42 Å². The summed E-state index contributed by atoms with van der Waals surface area (Å²) in [5.41, 5.74) is 4.93. The van der Waals surface area contributed by atoms with Crippen molar-refractivity contribution in [3.63, 3.8) is 0 Å². The SMILES string of the molecule is CN(CCc1ccc(NC=S)cc1)c1nc2ccccc2s1. The van der Waals surface area contributed by atoms with Gasteiger partial charge in [-0.15, -0.1) is 0 Å². The summed E-state index contributed by atoms with van der Waals surface area (Å²) in [6.45, 7) is 0.944. The van der Waals surface area contributed by atoms with Gasteiger partial charge in [0.05, 0.1) is 15.7 Å². The number of fused-ring (bicyclic) bond motifs is 1. The molecule has 0 spiro atoms. The Morgan fingerprint density at radius 3 is 2.68 bits per heavy atom. The summed E-state index contributed by atoms with van der Waals surface area (Å²) >= 11 is 6.52. The highest BCUT2D eigenvalue weighted by Gasteiger charge is 2.08. The molecule has 0 atom stereocenters. The van der Waals surface area contributed by atoms with E-state index in [1.165, 1.54) is 15.8 Å². The highest BCUT2D eigenvalue weighted by atomic mass is 32.1. The minimum absolute atomic E-state index is 0.944. The van der Waals surface area contributed by atoms with Gasteiger partial charge < -0.3 is 10.2 Å². The van der Waals surface area contributed by atoms with Crippen LogP contribution in [0.5, 0.6) is 0 Å². The lowest BCUT2D eigenvalue weighted by Crippen LogP contribution is -2.19. The zero-order valence-corrected chi connectivity index (χ0v) is 14.0. The summed E-state index contributed by atoms with van der Waals surface area (Å²) in [4.78, 5) is 6.90. The third-order valence-electron chi connectivity index (χ3n) is 3.52. The lowest BCUT2D eigenvalue weighted by Gasteiger charge is -2.15. The predicted octanol–water partition coefficient (Wildman–Crippen LogP) is 4.34. The molecule has 3 rings (SSSR count). The molecule has 0 aliphatic carbocycles. The van der Waals surface area contributed by atoms with Crippen LogP contribution in [-0.2, 0) is 6.42 Å². The zero-order valence-electron chi connectivity index (χ0n) is 12.3. The molecule has 0 amide bonds. The number of para-hydroxylation sites is 1. The first-order valence-corrected chi connectivity index (χ1v) is 8.41. The molecule has 2 aromatic carbocycles. The van der Waals surface area contributed by atoms with Crippen LogP contribution in [0.4, 0.5) is 10.8 Å². The lowest BCUT2D eigenvalue weighted by atomic mass is 10.1. The van der Waals surface area contributed by atoms with Gasteiger partial charge in [-0.1, -0.05) is 47.8 Å². The molecule has 0 aliphatic rings. The molecular weight excluding hydrogens is 310 g/mol. The summed E-state index contributed by atoms with van der Waals surface area (Å²) in [5, 5.41) is 4.08. The van der Waals surface area contributed by atoms with Gasteiger partial charge in [0.1, 0.15) is 0 Å². The van der Waals surface area contributed by atoms with Gasteiger partial charge in [-0.05, 0) is 36.2 Å². The first-order valence-electron chi connectivity index (χ1n) is 7.12. The summed E-state index contributed by atoms with van der Waals surface area (Å²) in [7, 11) is 2.10. The van der Waals surface area contributed by atoms with Gasteiger partial charge in [-0.25, -0.2) is 4.98 Å². The second kappa shape index (κ2) is 6.85. The highest BCUT2D eigenvalue weighted by Crippen LogP contribution is 2.27. The van der Waals surface area contributed by atoms with Crippen molar-refractivity contribution in [2.24, 2.45) is 0 Å². The number of hydrogen-bond donors (Lipinski definition) is 1. The van der Waals surface area contributed by atoms with E-state index in [1.807, 2.05) is 6.07 Å². The number of aromatic nitrogens is 1. The fourth-order valence-electron chi connectivity index (χ4n) is 2.25. The number of nitrogens with one attached hydrogen (secondary N) is 1. The van der Waals surface area contributed by atoms with Gasteiger partial charge in [0.25, 0.3) is 0 Å². The molecule has 22 heavy (non-hydrogen) atoms. The topological polar surface area (TPSA) is 28.2 Å². The van der Waals surface area contributed by atoms with E-state index in [-0.39, 0.29) is 0 Å². The van der Waals surface area contributed by atoms with Crippen LogP contribution in [0.25, 0.3) is 10.2 Å². The van der Waals surface area contributed by atoms with Gasteiger partial charge in [0.2, 0.25) is 0 Å². The van der Waals surface area contributed by atoms with Gasteiger partial charge in [0, 0.05) is 19.3 Å². The van der Waals surface area contributed by atoms with Crippen LogP contribution in [0.2, 0.25) is 0 Å². The highest BCUT2D eigenvalue weighted by molar-refractivity contribution is 7.79. The summed E-state index contributed by atoms with van der Waals surface area (Å²) in [6.07, 6.45) is 0.990. The number of nitrogens with zero attached hydrogens (tertiary/aromatic N) is 2. The number of likely N-dealkylation sites (N-methyl/N-ethyl adjacent to an activating group) is 1. The fourth-order valence-corrected chi connectivity index (χ4v) is 3.34. The van der Waals surface area contributed by atoms with Crippen molar-refractivity contribution in [3.8, 4) is 0 Å². The van der Waals surface area contributed by atoms with E-state index in [2.05, 4.69) is 64.7 Å². The maximum absolute atomic E-state index is 4.79. The summed E-state index contributed by atoms with van der Waals surface area (Å²) in [5.74, 6) is 0. The van der Waals surface area contributed by atoms with Crippen molar-refractivity contribution in [3.05, 3.63) is 54.1 Å². The lowest BCUT2D eigenvalue weighted by molar-refractivity contribution is 0.873. The van der Waals surface area contributed by atoms with E-state index in [0.717, 1.165) is 29.3 Å². The third-order valence-corrected chi connectivity index (χ3v) is 4.79. The Hall–Kier alpha value is -1.98. The Kier molecular flexibility index (Phi) is 4.65. The van der Waals surface area contributed by atoms with E-state index in [1.54, 1.807) is 11.3 Å². The minimum Gasteiger partial charge on any atom is -0.353 e. The standard InChI is InChI=1S/C17H17N3S2/c1-20(17-19-15-4-2-3-5-16(15)22-17)11-10-13-6-8-14(9-7-13)18-12-21/h2-9,12H,10-11H2,1H3,(H,18,21). The molecule has 1 heterocycles. The van der Waals surface area contributed by atoms with E-state index < -0.39 is 0 Å². The van der Waals surface area contributed by atoms with Crippen molar-refractivity contribution < 1.29 is 0 Å². The monoisotopic (exact) mass is 327 g/mol. The maximum atomic E-state index is 4.79. The molecule has 0 bridgehead atoms. The van der Waals surface area contributed by atoms with Gasteiger partial charge in [-0.3, -0.25) is 0 Å². The molecule has 1 N–H and O–H groups in total. The normalized spacial score (nSPS) is 10.6. The minimum atomic E-state index is 0.944. The average Bonchev–Trinajstić information content (AvgIpc) is 2.98. The van der Waals surface area contributed by atoms with Crippen LogP contribution in [0.15, 0.2) is 48.5 Å². The summed E-state index contributed by atoms with van der Waals surface area (Å²) < 4.78 is 1.24. The molecule has 1 aromatic heterocycles. The number of rotatable bonds is 6. The van der Waals surface area contributed by atoms with Crippen molar-refractivity contribution >= 4 is 50.1 Å². The van der Waals surface area contributed by atoms with Crippen molar-refractivity contribution in [1.82, 2.24) is 4.98 Å². The van der Waals surface area contributed by atoms with E-state index >= 15 is 0 Å². The molecule has 3 aromatic rings. The third kappa shape index (κ3) is 3.43. The maximum Gasteiger partial charge on any atom is 0.186 e. The quantitative estimate of drug-likeness (QED) is 0.682. The first-order chi connectivity index (χ1) is 10.8. The molecule has 5 heteroatoms. The molecule has 0 saturated carbocycles. The van der Waals surface area contributed by atoms with Crippen LogP contribution in [-0.4, -0.2) is 24.1 Å². The largest absolute Gasteiger partial charge is 0.353 e. The average molecular weight is 327 g/mol. The molecular formula is C17H17N3S2. The first kappa shape index (κ1) is 14.9. The zero-order chi connectivity index (χ0) is 15.4. The van der Waals surface area contributed by atoms with Crippen LogP contribution < -0.4 is 10.2 Å². The van der Waals surface area contributed by atoms with E-state index in [4.69, 9.17) is 12.2 Å². The Labute approximate surface area is 139 Å². The van der Waals surface area contributed by atoms with Crippen molar-refractivity contribution in [2.75, 3.05) is 23.8 Å². The Morgan fingerprint density at radius 1 is 1.18 bits per heavy atom. The molecule has 0 saturated heterocycles. The molecule has 0 aliphatic heterocycles. The van der Waals surface area contributed by atoms with Crippen LogP contribution in [0.1, 0.15) is 5.56 Å². The second-order valence-corrected chi connectivity index (χ2v) is 6.34. The van der Waals surface area contributed by atoms with E-state index in [0.29, 0.717) is 0 Å². The Morgan fingerprint density at radius 2 is 1.95 bits per heavy atom. The molecule has 0 radical (unpaired) electrons. The number of thiocarbonyl (C=S) groups is 1. The Balaban J connectivity index is 1.63. The summed E-state index contributed by atoms with van der Waals surface area (Å²) in [6, 6.07) is 16.6. The second-order valence-electron chi connectivity index (χ2n) is 5.09. The molecule has 3 nitrogen and oxygen atoms in total. The molecule has 112 valence electrons. The number of hydrogen-bond acceptors (Lipinski definition) is 4. The fraction of sp³-hybridized carbons (Fsp3) is 0.176. The Bertz CT molecular complexity index is 732. The van der Waals surface area contributed by atoms with Crippen LogP contribution >= 0.6 is 23.6 Å². The number of anilines is 2. The van der Waals surface area contributed by atoms with Gasteiger partial charge in [0.15, 0.2) is 5.13 Å². The smallest absolute Gasteiger partial charge is 0.186 e. The molecule has 0 fully saturated rings. The van der Waals surface area contributed by atoms with Crippen LogP contribution in [0, 0.1) is 0 Å². The molecule has 0 unspecified atom stereocenters. The van der Waals surface area contributed by atoms with E-state index in [9.17, 15) is 0 Å². The number of thiazole rings is 1. The van der Waals surface area contributed by atoms with Crippen molar-refractivity contribution in [1.29, 1.82) is 0 Å². The van der Waals surface area contributed by atoms with Gasteiger partial charge >= 0.3 is 0 Å².